The van der Waals surface area contributed by atoms with E-state index >= 15 is 0 Å². The standard InChI is InChI=1S/C17H21NO/c1-13-4-2-5-14(10-13)15-11-16(12-15)18-8-7-17-6-3-9-19-17/h2-6,9-10,15-16,18H,7-8,11-12H2,1H3. The van der Waals surface area contributed by atoms with Crippen molar-refractivity contribution in [3.05, 3.63) is 59.5 Å². The molecule has 2 heteroatoms. The summed E-state index contributed by atoms with van der Waals surface area (Å²) >= 11 is 0. The van der Waals surface area contributed by atoms with Gasteiger partial charge in [0.15, 0.2) is 0 Å². The first-order valence-electron chi connectivity index (χ1n) is 7.13. The Hall–Kier alpha value is -1.54. The predicted octanol–water partition coefficient (Wildman–Crippen LogP) is 3.67. The van der Waals surface area contributed by atoms with Gasteiger partial charge < -0.3 is 9.73 Å². The van der Waals surface area contributed by atoms with Crippen LogP contribution in [0.25, 0.3) is 0 Å². The molecule has 0 unspecified atom stereocenters. The molecule has 0 bridgehead atoms. The first kappa shape index (κ1) is 12.5. The normalized spacial score (nSPS) is 22.2. The molecule has 0 spiro atoms. The van der Waals surface area contributed by atoms with Crippen molar-refractivity contribution in [1.82, 2.24) is 5.32 Å². The van der Waals surface area contributed by atoms with Crippen molar-refractivity contribution >= 4 is 0 Å². The Morgan fingerprint density at radius 3 is 2.84 bits per heavy atom. The van der Waals surface area contributed by atoms with E-state index in [2.05, 4.69) is 36.5 Å². The largest absolute Gasteiger partial charge is 0.469 e. The topological polar surface area (TPSA) is 25.2 Å². The van der Waals surface area contributed by atoms with Gasteiger partial charge in [0.2, 0.25) is 0 Å². The van der Waals surface area contributed by atoms with Crippen LogP contribution in [0.1, 0.15) is 35.6 Å². The Morgan fingerprint density at radius 1 is 1.21 bits per heavy atom. The van der Waals surface area contributed by atoms with Gasteiger partial charge in [0.05, 0.1) is 6.26 Å². The van der Waals surface area contributed by atoms with Gasteiger partial charge in [-0.1, -0.05) is 29.8 Å². The molecule has 2 aromatic rings. The van der Waals surface area contributed by atoms with Crippen molar-refractivity contribution in [1.29, 1.82) is 0 Å². The van der Waals surface area contributed by atoms with Crippen LogP contribution in [0, 0.1) is 6.92 Å². The lowest BCUT2D eigenvalue weighted by Gasteiger charge is -2.36. The van der Waals surface area contributed by atoms with E-state index in [0.29, 0.717) is 6.04 Å². The van der Waals surface area contributed by atoms with Gasteiger partial charge in [-0.15, -0.1) is 0 Å². The average Bonchev–Trinajstić information content (AvgIpc) is 2.85. The summed E-state index contributed by atoms with van der Waals surface area (Å²) in [7, 11) is 0. The molecular formula is C17H21NO. The summed E-state index contributed by atoms with van der Waals surface area (Å²) in [5.41, 5.74) is 2.87. The van der Waals surface area contributed by atoms with E-state index in [1.54, 1.807) is 6.26 Å². The summed E-state index contributed by atoms with van der Waals surface area (Å²) in [5, 5.41) is 3.61. The molecule has 1 aliphatic carbocycles. The van der Waals surface area contributed by atoms with E-state index in [-0.39, 0.29) is 0 Å². The minimum absolute atomic E-state index is 0.681. The molecule has 100 valence electrons. The monoisotopic (exact) mass is 255 g/mol. The molecule has 0 atom stereocenters. The molecule has 1 aromatic heterocycles. The van der Waals surface area contributed by atoms with Crippen molar-refractivity contribution in [3.8, 4) is 0 Å². The van der Waals surface area contributed by atoms with Crippen LogP contribution in [-0.4, -0.2) is 12.6 Å². The second-order valence-corrected chi connectivity index (χ2v) is 5.56. The third-order valence-electron chi connectivity index (χ3n) is 4.04. The van der Waals surface area contributed by atoms with Crippen LogP contribution in [0.2, 0.25) is 0 Å². The summed E-state index contributed by atoms with van der Waals surface area (Å²) < 4.78 is 5.33. The highest BCUT2D eigenvalue weighted by atomic mass is 16.3. The van der Waals surface area contributed by atoms with Gasteiger partial charge in [-0.05, 0) is 43.4 Å². The Labute approximate surface area is 114 Å². The molecule has 0 aliphatic heterocycles. The highest BCUT2D eigenvalue weighted by molar-refractivity contribution is 5.27. The summed E-state index contributed by atoms with van der Waals surface area (Å²) in [6, 6.07) is 13.6. The molecule has 3 rings (SSSR count). The van der Waals surface area contributed by atoms with Gasteiger partial charge in [-0.25, -0.2) is 0 Å². The van der Waals surface area contributed by atoms with E-state index in [9.17, 15) is 0 Å². The molecule has 1 fully saturated rings. The summed E-state index contributed by atoms with van der Waals surface area (Å²) in [5.74, 6) is 1.82. The van der Waals surface area contributed by atoms with Crippen molar-refractivity contribution in [2.24, 2.45) is 0 Å². The molecule has 0 saturated heterocycles. The third kappa shape index (κ3) is 3.07. The maximum Gasteiger partial charge on any atom is 0.105 e. The smallest absolute Gasteiger partial charge is 0.105 e. The van der Waals surface area contributed by atoms with Crippen molar-refractivity contribution in [2.45, 2.75) is 38.1 Å². The van der Waals surface area contributed by atoms with Crippen molar-refractivity contribution < 1.29 is 4.42 Å². The Balaban J connectivity index is 1.41. The molecule has 0 radical (unpaired) electrons. The quantitative estimate of drug-likeness (QED) is 0.882. The first-order chi connectivity index (χ1) is 9.31. The number of aryl methyl sites for hydroxylation is 1. The predicted molar refractivity (Wildman–Crippen MR) is 77.4 cm³/mol. The maximum absolute atomic E-state index is 5.33. The van der Waals surface area contributed by atoms with E-state index < -0.39 is 0 Å². The minimum atomic E-state index is 0.681. The minimum Gasteiger partial charge on any atom is -0.469 e. The lowest BCUT2D eigenvalue weighted by Crippen LogP contribution is -2.40. The molecule has 1 aromatic carbocycles. The van der Waals surface area contributed by atoms with Crippen LogP contribution in [0.15, 0.2) is 47.1 Å². The number of furan rings is 1. The van der Waals surface area contributed by atoms with E-state index in [4.69, 9.17) is 4.42 Å². The van der Waals surface area contributed by atoms with Gasteiger partial charge in [-0.2, -0.15) is 0 Å². The molecule has 1 aliphatic rings. The van der Waals surface area contributed by atoms with Gasteiger partial charge >= 0.3 is 0 Å². The SMILES string of the molecule is Cc1cccc(C2CC(NCCc3ccco3)C2)c1. The fraction of sp³-hybridized carbons (Fsp3) is 0.412. The van der Waals surface area contributed by atoms with Crippen molar-refractivity contribution in [3.63, 3.8) is 0 Å². The summed E-state index contributed by atoms with van der Waals surface area (Å²) in [6.07, 6.45) is 5.26. The number of hydrogen-bond acceptors (Lipinski definition) is 2. The van der Waals surface area contributed by atoms with Gasteiger partial charge in [-0.3, -0.25) is 0 Å². The first-order valence-corrected chi connectivity index (χ1v) is 7.13. The van der Waals surface area contributed by atoms with Crippen LogP contribution in [-0.2, 0) is 6.42 Å². The van der Waals surface area contributed by atoms with Crippen molar-refractivity contribution in [2.75, 3.05) is 6.54 Å². The summed E-state index contributed by atoms with van der Waals surface area (Å²) in [6.45, 7) is 3.18. The van der Waals surface area contributed by atoms with Gasteiger partial charge in [0.25, 0.3) is 0 Å². The molecule has 1 heterocycles. The molecule has 2 nitrogen and oxygen atoms in total. The third-order valence-corrected chi connectivity index (χ3v) is 4.04. The fourth-order valence-corrected chi connectivity index (χ4v) is 2.84. The zero-order valence-electron chi connectivity index (χ0n) is 11.4. The van der Waals surface area contributed by atoms with Crippen LogP contribution >= 0.6 is 0 Å². The second kappa shape index (κ2) is 5.62. The molecule has 0 amide bonds. The van der Waals surface area contributed by atoms with Gasteiger partial charge in [0.1, 0.15) is 5.76 Å². The molecular weight excluding hydrogens is 234 g/mol. The Morgan fingerprint density at radius 2 is 2.11 bits per heavy atom. The maximum atomic E-state index is 5.33. The number of rotatable bonds is 5. The Kier molecular flexibility index (Phi) is 3.69. The zero-order chi connectivity index (χ0) is 13.1. The van der Waals surface area contributed by atoms with Crippen LogP contribution in [0.3, 0.4) is 0 Å². The van der Waals surface area contributed by atoms with E-state index in [0.717, 1.165) is 24.6 Å². The zero-order valence-corrected chi connectivity index (χ0v) is 11.4. The number of nitrogens with one attached hydrogen (secondary N) is 1. The van der Waals surface area contributed by atoms with Crippen LogP contribution < -0.4 is 5.32 Å². The highest BCUT2D eigenvalue weighted by Crippen LogP contribution is 2.36. The summed E-state index contributed by atoms with van der Waals surface area (Å²) in [4.78, 5) is 0. The molecule has 19 heavy (non-hydrogen) atoms. The lowest BCUT2D eigenvalue weighted by atomic mass is 9.75. The van der Waals surface area contributed by atoms with Crippen LogP contribution in [0.4, 0.5) is 0 Å². The molecule has 1 saturated carbocycles. The average molecular weight is 255 g/mol. The second-order valence-electron chi connectivity index (χ2n) is 5.56. The van der Waals surface area contributed by atoms with Crippen LogP contribution in [0.5, 0.6) is 0 Å². The highest BCUT2D eigenvalue weighted by Gasteiger charge is 2.29. The molecule has 1 N–H and O–H groups in total. The number of hydrogen-bond donors (Lipinski definition) is 1. The Bertz CT molecular complexity index is 512. The number of benzene rings is 1. The van der Waals surface area contributed by atoms with E-state index in [1.165, 1.54) is 24.0 Å². The fourth-order valence-electron chi connectivity index (χ4n) is 2.84. The van der Waals surface area contributed by atoms with E-state index in [1.807, 2.05) is 12.1 Å². The lowest BCUT2D eigenvalue weighted by molar-refractivity contribution is 0.290. The van der Waals surface area contributed by atoms with Gasteiger partial charge in [0, 0.05) is 19.0 Å².